The monoisotopic (exact) mass is 282 g/mol. The lowest BCUT2D eigenvalue weighted by molar-refractivity contribution is 0.116. The lowest BCUT2D eigenvalue weighted by Crippen LogP contribution is -2.30. The molecule has 0 radical (unpaired) electrons. The Balaban J connectivity index is 2.14. The highest BCUT2D eigenvalue weighted by molar-refractivity contribution is 6.31. The fourth-order valence-corrected chi connectivity index (χ4v) is 2.87. The van der Waals surface area contributed by atoms with Crippen LogP contribution in [0.25, 0.3) is 0 Å². The summed E-state index contributed by atoms with van der Waals surface area (Å²) in [7, 11) is 2.10. The number of benzene rings is 1. The number of anilines is 1. The van der Waals surface area contributed by atoms with E-state index >= 15 is 0 Å². The topological polar surface area (TPSA) is 38.5 Å². The second-order valence-corrected chi connectivity index (χ2v) is 5.84. The van der Waals surface area contributed by atoms with Crippen LogP contribution in [0.4, 0.5) is 5.69 Å². The van der Waals surface area contributed by atoms with Crippen LogP contribution in [-0.2, 0) is 11.2 Å². The maximum Gasteiger partial charge on any atom is 0.0750 e. The van der Waals surface area contributed by atoms with Crippen LogP contribution in [0.15, 0.2) is 18.2 Å². The summed E-state index contributed by atoms with van der Waals surface area (Å²) in [4.78, 5) is 2.24. The van der Waals surface area contributed by atoms with Gasteiger partial charge >= 0.3 is 0 Å². The van der Waals surface area contributed by atoms with E-state index in [0.29, 0.717) is 6.10 Å². The van der Waals surface area contributed by atoms with E-state index in [2.05, 4.69) is 18.0 Å². The molecule has 3 nitrogen and oxygen atoms in total. The molecule has 0 spiro atoms. The van der Waals surface area contributed by atoms with Crippen LogP contribution in [0.2, 0.25) is 5.02 Å². The van der Waals surface area contributed by atoms with Crippen molar-refractivity contribution in [2.24, 2.45) is 5.73 Å². The molecule has 4 heteroatoms. The van der Waals surface area contributed by atoms with E-state index in [1.807, 2.05) is 19.1 Å². The number of hydrogen-bond donors (Lipinski definition) is 1. The first-order valence-electron chi connectivity index (χ1n) is 6.93. The van der Waals surface area contributed by atoms with Crippen molar-refractivity contribution in [2.45, 2.75) is 38.3 Å². The van der Waals surface area contributed by atoms with Crippen molar-refractivity contribution in [1.82, 2.24) is 0 Å². The molecule has 1 saturated heterocycles. The van der Waals surface area contributed by atoms with Crippen molar-refractivity contribution in [3.8, 4) is 0 Å². The molecule has 0 aromatic heterocycles. The van der Waals surface area contributed by atoms with E-state index in [0.717, 1.165) is 36.6 Å². The summed E-state index contributed by atoms with van der Waals surface area (Å²) < 4.78 is 5.70. The SMILES string of the molecule is CC(N)Cc1c(Cl)cccc1N(C)CC1CCCO1. The maximum atomic E-state index is 6.32. The molecule has 1 aromatic rings. The molecule has 1 heterocycles. The van der Waals surface area contributed by atoms with Gasteiger partial charge in [0.2, 0.25) is 0 Å². The molecule has 106 valence electrons. The van der Waals surface area contributed by atoms with Crippen LogP contribution < -0.4 is 10.6 Å². The number of nitrogens with zero attached hydrogens (tertiary/aromatic N) is 1. The quantitative estimate of drug-likeness (QED) is 0.902. The Morgan fingerprint density at radius 1 is 1.53 bits per heavy atom. The van der Waals surface area contributed by atoms with Crippen LogP contribution in [0.1, 0.15) is 25.3 Å². The first kappa shape index (κ1) is 14.6. The Morgan fingerprint density at radius 3 is 2.95 bits per heavy atom. The lowest BCUT2D eigenvalue weighted by atomic mass is 10.0. The Morgan fingerprint density at radius 2 is 2.32 bits per heavy atom. The minimum atomic E-state index is 0.106. The maximum absolute atomic E-state index is 6.32. The van der Waals surface area contributed by atoms with Crippen LogP contribution >= 0.6 is 11.6 Å². The van der Waals surface area contributed by atoms with Gasteiger partial charge in [0.1, 0.15) is 0 Å². The number of rotatable bonds is 5. The van der Waals surface area contributed by atoms with Crippen molar-refractivity contribution < 1.29 is 4.74 Å². The zero-order valence-corrected chi connectivity index (χ0v) is 12.5. The summed E-state index contributed by atoms with van der Waals surface area (Å²) in [5.74, 6) is 0. The molecule has 0 amide bonds. The number of likely N-dealkylation sites (N-methyl/N-ethyl adjacent to an activating group) is 1. The van der Waals surface area contributed by atoms with Gasteiger partial charge in [-0.3, -0.25) is 0 Å². The van der Waals surface area contributed by atoms with E-state index in [-0.39, 0.29) is 6.04 Å². The minimum Gasteiger partial charge on any atom is -0.376 e. The Bertz CT molecular complexity index is 417. The van der Waals surface area contributed by atoms with Crippen LogP contribution in [0, 0.1) is 0 Å². The largest absolute Gasteiger partial charge is 0.376 e. The van der Waals surface area contributed by atoms with Gasteiger partial charge in [0.15, 0.2) is 0 Å². The first-order valence-corrected chi connectivity index (χ1v) is 7.31. The highest BCUT2D eigenvalue weighted by Crippen LogP contribution is 2.29. The second kappa shape index (κ2) is 6.60. The average molecular weight is 283 g/mol. The second-order valence-electron chi connectivity index (χ2n) is 5.43. The summed E-state index contributed by atoms with van der Waals surface area (Å²) >= 11 is 6.32. The zero-order chi connectivity index (χ0) is 13.8. The van der Waals surface area contributed by atoms with E-state index in [9.17, 15) is 0 Å². The standard InChI is InChI=1S/C15H23ClN2O/c1-11(17)9-13-14(16)6-3-7-15(13)18(2)10-12-5-4-8-19-12/h3,6-7,11-12H,4-5,8-10,17H2,1-2H3. The van der Waals surface area contributed by atoms with Gasteiger partial charge in [0, 0.05) is 37.0 Å². The van der Waals surface area contributed by atoms with E-state index in [1.165, 1.54) is 12.1 Å². The minimum absolute atomic E-state index is 0.106. The molecule has 1 aromatic carbocycles. The molecule has 2 unspecified atom stereocenters. The van der Waals surface area contributed by atoms with Gasteiger partial charge in [-0.15, -0.1) is 0 Å². The molecule has 19 heavy (non-hydrogen) atoms. The third kappa shape index (κ3) is 3.85. The highest BCUT2D eigenvalue weighted by Gasteiger charge is 2.19. The van der Waals surface area contributed by atoms with Gasteiger partial charge in [0.05, 0.1) is 6.10 Å². The number of ether oxygens (including phenoxy) is 1. The number of halogens is 1. The van der Waals surface area contributed by atoms with Crippen LogP contribution in [0.5, 0.6) is 0 Å². The van der Waals surface area contributed by atoms with E-state index in [4.69, 9.17) is 22.1 Å². The van der Waals surface area contributed by atoms with Crippen molar-refractivity contribution >= 4 is 17.3 Å². The zero-order valence-electron chi connectivity index (χ0n) is 11.7. The Kier molecular flexibility index (Phi) is 5.08. The predicted octanol–water partition coefficient (Wildman–Crippen LogP) is 2.84. The van der Waals surface area contributed by atoms with Crippen LogP contribution in [0.3, 0.4) is 0 Å². The molecule has 2 atom stereocenters. The number of hydrogen-bond acceptors (Lipinski definition) is 3. The summed E-state index contributed by atoms with van der Waals surface area (Å²) in [6, 6.07) is 6.14. The lowest BCUT2D eigenvalue weighted by Gasteiger charge is -2.26. The molecule has 0 bridgehead atoms. The molecule has 0 saturated carbocycles. The van der Waals surface area contributed by atoms with E-state index < -0.39 is 0 Å². The summed E-state index contributed by atoms with van der Waals surface area (Å²) in [5.41, 5.74) is 8.23. The Hall–Kier alpha value is -0.770. The highest BCUT2D eigenvalue weighted by atomic mass is 35.5. The molecular formula is C15H23ClN2O. The summed E-state index contributed by atoms with van der Waals surface area (Å²) in [6.45, 7) is 3.81. The molecule has 1 aliphatic rings. The van der Waals surface area contributed by atoms with Crippen molar-refractivity contribution in [2.75, 3.05) is 25.1 Å². The first-order chi connectivity index (χ1) is 9.08. The van der Waals surface area contributed by atoms with E-state index in [1.54, 1.807) is 0 Å². The van der Waals surface area contributed by atoms with Crippen LogP contribution in [-0.4, -0.2) is 32.3 Å². The van der Waals surface area contributed by atoms with Crippen molar-refractivity contribution in [3.63, 3.8) is 0 Å². The van der Waals surface area contributed by atoms with Gasteiger partial charge in [-0.1, -0.05) is 17.7 Å². The fourth-order valence-electron chi connectivity index (χ4n) is 2.62. The van der Waals surface area contributed by atoms with Gasteiger partial charge in [-0.2, -0.15) is 0 Å². The predicted molar refractivity (Wildman–Crippen MR) is 81.0 cm³/mol. The molecule has 2 N–H and O–H groups in total. The molecule has 0 aliphatic carbocycles. The molecule has 1 fully saturated rings. The Labute approximate surface area is 120 Å². The third-order valence-electron chi connectivity index (χ3n) is 3.53. The van der Waals surface area contributed by atoms with Gasteiger partial charge in [0.25, 0.3) is 0 Å². The van der Waals surface area contributed by atoms with Gasteiger partial charge < -0.3 is 15.4 Å². The smallest absolute Gasteiger partial charge is 0.0750 e. The third-order valence-corrected chi connectivity index (χ3v) is 3.89. The normalized spacial score (nSPS) is 20.5. The van der Waals surface area contributed by atoms with Crippen molar-refractivity contribution in [1.29, 1.82) is 0 Å². The fraction of sp³-hybridized carbons (Fsp3) is 0.600. The number of nitrogens with two attached hydrogens (primary N) is 1. The summed E-state index contributed by atoms with van der Waals surface area (Å²) in [6.07, 6.45) is 3.45. The summed E-state index contributed by atoms with van der Waals surface area (Å²) in [5, 5.41) is 0.800. The molecule has 1 aliphatic heterocycles. The van der Waals surface area contributed by atoms with Crippen molar-refractivity contribution in [3.05, 3.63) is 28.8 Å². The van der Waals surface area contributed by atoms with Gasteiger partial charge in [-0.05, 0) is 43.9 Å². The molecular weight excluding hydrogens is 260 g/mol. The van der Waals surface area contributed by atoms with Gasteiger partial charge in [-0.25, -0.2) is 0 Å². The molecule has 2 rings (SSSR count). The average Bonchev–Trinajstić information content (AvgIpc) is 2.84.